The summed E-state index contributed by atoms with van der Waals surface area (Å²) < 4.78 is 7.13. The number of ether oxygens (including phenoxy) is 1. The SMILES string of the molecule is CCOCC(C)c1ccn(C)n1. The van der Waals surface area contributed by atoms with E-state index < -0.39 is 0 Å². The molecule has 0 aromatic carbocycles. The minimum Gasteiger partial charge on any atom is -0.381 e. The van der Waals surface area contributed by atoms with Crippen LogP contribution in [0.25, 0.3) is 0 Å². The number of hydrogen-bond acceptors (Lipinski definition) is 2. The quantitative estimate of drug-likeness (QED) is 0.682. The Morgan fingerprint density at radius 3 is 2.92 bits per heavy atom. The molecule has 0 amide bonds. The molecule has 68 valence electrons. The molecule has 3 heteroatoms. The highest BCUT2D eigenvalue weighted by molar-refractivity contribution is 5.04. The maximum Gasteiger partial charge on any atom is 0.0675 e. The Morgan fingerprint density at radius 2 is 2.42 bits per heavy atom. The molecular formula is C9H16N2O. The summed E-state index contributed by atoms with van der Waals surface area (Å²) >= 11 is 0. The first-order valence-corrected chi connectivity index (χ1v) is 4.31. The van der Waals surface area contributed by atoms with E-state index in [1.807, 2.05) is 30.9 Å². The average Bonchev–Trinajstić information content (AvgIpc) is 2.47. The highest BCUT2D eigenvalue weighted by Gasteiger charge is 2.07. The first-order valence-electron chi connectivity index (χ1n) is 4.31. The van der Waals surface area contributed by atoms with Crippen LogP contribution in [-0.4, -0.2) is 23.0 Å². The van der Waals surface area contributed by atoms with Crippen molar-refractivity contribution in [2.24, 2.45) is 7.05 Å². The zero-order valence-electron chi connectivity index (χ0n) is 7.95. The summed E-state index contributed by atoms with van der Waals surface area (Å²) in [4.78, 5) is 0. The van der Waals surface area contributed by atoms with Gasteiger partial charge in [-0.3, -0.25) is 4.68 Å². The van der Waals surface area contributed by atoms with E-state index in [-0.39, 0.29) is 0 Å². The fourth-order valence-corrected chi connectivity index (χ4v) is 1.08. The molecule has 3 nitrogen and oxygen atoms in total. The van der Waals surface area contributed by atoms with Crippen LogP contribution >= 0.6 is 0 Å². The van der Waals surface area contributed by atoms with Crippen LogP contribution in [0.3, 0.4) is 0 Å². The van der Waals surface area contributed by atoms with Gasteiger partial charge in [0, 0.05) is 25.8 Å². The standard InChI is InChI=1S/C9H16N2O/c1-4-12-7-8(2)9-5-6-11(3)10-9/h5-6,8H,4,7H2,1-3H3. The van der Waals surface area contributed by atoms with Gasteiger partial charge in [-0.05, 0) is 13.0 Å². The Balaban J connectivity index is 2.47. The van der Waals surface area contributed by atoms with E-state index >= 15 is 0 Å². The fraction of sp³-hybridized carbons (Fsp3) is 0.667. The second-order valence-electron chi connectivity index (χ2n) is 2.97. The topological polar surface area (TPSA) is 27.1 Å². The van der Waals surface area contributed by atoms with E-state index in [0.717, 1.165) is 18.9 Å². The van der Waals surface area contributed by atoms with Crippen LogP contribution in [0, 0.1) is 0 Å². The minimum atomic E-state index is 0.395. The Morgan fingerprint density at radius 1 is 1.67 bits per heavy atom. The fourth-order valence-electron chi connectivity index (χ4n) is 1.08. The molecule has 12 heavy (non-hydrogen) atoms. The van der Waals surface area contributed by atoms with Crippen molar-refractivity contribution in [3.05, 3.63) is 18.0 Å². The molecule has 1 heterocycles. The lowest BCUT2D eigenvalue weighted by molar-refractivity contribution is 0.135. The lowest BCUT2D eigenvalue weighted by Crippen LogP contribution is -2.05. The highest BCUT2D eigenvalue weighted by Crippen LogP contribution is 2.11. The third kappa shape index (κ3) is 2.34. The monoisotopic (exact) mass is 168 g/mol. The second-order valence-corrected chi connectivity index (χ2v) is 2.97. The number of aryl methyl sites for hydroxylation is 1. The van der Waals surface area contributed by atoms with Crippen LogP contribution in [0.2, 0.25) is 0 Å². The van der Waals surface area contributed by atoms with E-state index in [9.17, 15) is 0 Å². The predicted octanol–water partition coefficient (Wildman–Crippen LogP) is 1.56. The van der Waals surface area contributed by atoms with Crippen LogP contribution in [-0.2, 0) is 11.8 Å². The minimum absolute atomic E-state index is 0.395. The first-order chi connectivity index (χ1) is 5.74. The molecule has 0 spiro atoms. The Bertz CT molecular complexity index is 232. The zero-order valence-corrected chi connectivity index (χ0v) is 7.95. The highest BCUT2D eigenvalue weighted by atomic mass is 16.5. The molecule has 0 aliphatic carbocycles. The lowest BCUT2D eigenvalue weighted by Gasteiger charge is -2.07. The second kappa shape index (κ2) is 4.26. The molecule has 1 atom stereocenters. The molecule has 1 rings (SSSR count). The predicted molar refractivity (Wildman–Crippen MR) is 48.1 cm³/mol. The van der Waals surface area contributed by atoms with E-state index in [0.29, 0.717) is 5.92 Å². The molecule has 0 saturated heterocycles. The summed E-state index contributed by atoms with van der Waals surface area (Å²) in [5.74, 6) is 0.395. The van der Waals surface area contributed by atoms with E-state index in [2.05, 4.69) is 12.0 Å². The van der Waals surface area contributed by atoms with Gasteiger partial charge < -0.3 is 4.74 Å². The van der Waals surface area contributed by atoms with Gasteiger partial charge in [-0.2, -0.15) is 5.10 Å². The third-order valence-electron chi connectivity index (χ3n) is 1.81. The van der Waals surface area contributed by atoms with Crippen molar-refractivity contribution >= 4 is 0 Å². The van der Waals surface area contributed by atoms with Gasteiger partial charge in [-0.25, -0.2) is 0 Å². The van der Waals surface area contributed by atoms with Gasteiger partial charge in [-0.1, -0.05) is 6.92 Å². The van der Waals surface area contributed by atoms with E-state index in [4.69, 9.17) is 4.74 Å². The summed E-state index contributed by atoms with van der Waals surface area (Å²) in [6.45, 7) is 5.66. The summed E-state index contributed by atoms with van der Waals surface area (Å²) in [7, 11) is 1.93. The van der Waals surface area contributed by atoms with Crippen LogP contribution in [0.4, 0.5) is 0 Å². The number of aromatic nitrogens is 2. The van der Waals surface area contributed by atoms with Crippen LogP contribution in [0.1, 0.15) is 25.5 Å². The zero-order chi connectivity index (χ0) is 8.97. The molecule has 0 N–H and O–H groups in total. The maximum atomic E-state index is 5.31. The molecule has 0 fully saturated rings. The van der Waals surface area contributed by atoms with Gasteiger partial charge >= 0.3 is 0 Å². The van der Waals surface area contributed by atoms with Gasteiger partial charge in [0.2, 0.25) is 0 Å². The molecular weight excluding hydrogens is 152 g/mol. The van der Waals surface area contributed by atoms with Gasteiger partial charge in [-0.15, -0.1) is 0 Å². The first kappa shape index (κ1) is 9.26. The van der Waals surface area contributed by atoms with Gasteiger partial charge in [0.25, 0.3) is 0 Å². The van der Waals surface area contributed by atoms with Crippen LogP contribution in [0.15, 0.2) is 12.3 Å². The van der Waals surface area contributed by atoms with Gasteiger partial charge in [0.1, 0.15) is 0 Å². The Hall–Kier alpha value is -0.830. The van der Waals surface area contributed by atoms with E-state index in [1.165, 1.54) is 0 Å². The third-order valence-corrected chi connectivity index (χ3v) is 1.81. The van der Waals surface area contributed by atoms with Gasteiger partial charge in [0.05, 0.1) is 12.3 Å². The van der Waals surface area contributed by atoms with Gasteiger partial charge in [0.15, 0.2) is 0 Å². The van der Waals surface area contributed by atoms with Crippen molar-refractivity contribution in [3.63, 3.8) is 0 Å². The van der Waals surface area contributed by atoms with Crippen molar-refractivity contribution < 1.29 is 4.74 Å². The normalized spacial score (nSPS) is 13.2. The molecule has 1 aromatic rings. The number of nitrogens with zero attached hydrogens (tertiary/aromatic N) is 2. The molecule has 0 radical (unpaired) electrons. The van der Waals surface area contributed by atoms with Crippen molar-refractivity contribution in [1.29, 1.82) is 0 Å². The molecule has 0 aliphatic heterocycles. The van der Waals surface area contributed by atoms with E-state index in [1.54, 1.807) is 0 Å². The van der Waals surface area contributed by atoms with Crippen molar-refractivity contribution in [3.8, 4) is 0 Å². The lowest BCUT2D eigenvalue weighted by atomic mass is 10.1. The molecule has 0 bridgehead atoms. The number of hydrogen-bond donors (Lipinski definition) is 0. The van der Waals surface area contributed by atoms with Crippen molar-refractivity contribution in [2.45, 2.75) is 19.8 Å². The molecule has 0 saturated carbocycles. The molecule has 1 aromatic heterocycles. The van der Waals surface area contributed by atoms with Crippen molar-refractivity contribution in [2.75, 3.05) is 13.2 Å². The Labute approximate surface area is 73.3 Å². The maximum absolute atomic E-state index is 5.31. The largest absolute Gasteiger partial charge is 0.381 e. The van der Waals surface area contributed by atoms with Crippen LogP contribution < -0.4 is 0 Å². The van der Waals surface area contributed by atoms with Crippen molar-refractivity contribution in [1.82, 2.24) is 9.78 Å². The average molecular weight is 168 g/mol. The molecule has 1 unspecified atom stereocenters. The molecule has 0 aliphatic rings. The summed E-state index contributed by atoms with van der Waals surface area (Å²) in [6, 6.07) is 2.03. The summed E-state index contributed by atoms with van der Waals surface area (Å²) in [6.07, 6.45) is 1.96. The number of rotatable bonds is 4. The smallest absolute Gasteiger partial charge is 0.0675 e. The summed E-state index contributed by atoms with van der Waals surface area (Å²) in [5, 5.41) is 4.30. The van der Waals surface area contributed by atoms with Crippen LogP contribution in [0.5, 0.6) is 0 Å². The Kier molecular flexibility index (Phi) is 3.29. The summed E-state index contributed by atoms with van der Waals surface area (Å²) in [5.41, 5.74) is 1.10.